The van der Waals surface area contributed by atoms with Crippen molar-refractivity contribution >= 4 is 33.4 Å². The maximum Gasteiger partial charge on any atom is 0.253 e. The van der Waals surface area contributed by atoms with Crippen molar-refractivity contribution in [2.45, 2.75) is 6.42 Å². The third-order valence-electron chi connectivity index (χ3n) is 2.93. The van der Waals surface area contributed by atoms with Crippen LogP contribution in [-0.4, -0.2) is 18.9 Å². The molecule has 0 radical (unpaired) electrons. The first kappa shape index (κ1) is 15.3. The lowest BCUT2D eigenvalue weighted by Crippen LogP contribution is -2.22. The van der Waals surface area contributed by atoms with E-state index in [2.05, 4.69) is 26.6 Å². The Morgan fingerprint density at radius 1 is 1.10 bits per heavy atom. The van der Waals surface area contributed by atoms with Gasteiger partial charge in [0.05, 0.1) is 17.7 Å². The van der Waals surface area contributed by atoms with Gasteiger partial charge in [-0.3, -0.25) is 9.59 Å². The van der Waals surface area contributed by atoms with Gasteiger partial charge in [0.25, 0.3) is 5.91 Å². The lowest BCUT2D eigenvalue weighted by molar-refractivity contribution is -0.115. The highest BCUT2D eigenvalue weighted by atomic mass is 79.9. The number of carbonyl (C=O) groups excluding carboxylic acids is 2. The zero-order valence-electron chi connectivity index (χ0n) is 11.5. The summed E-state index contributed by atoms with van der Waals surface area (Å²) in [4.78, 5) is 23.8. The van der Waals surface area contributed by atoms with E-state index in [-0.39, 0.29) is 18.2 Å². The molecule has 0 spiro atoms. The largest absolute Gasteiger partial charge is 0.355 e. The highest BCUT2D eigenvalue weighted by Gasteiger charge is 2.12. The normalized spacial score (nSPS) is 10.0. The van der Waals surface area contributed by atoms with Crippen LogP contribution in [0.15, 0.2) is 53.0 Å². The predicted molar refractivity (Wildman–Crippen MR) is 86.3 cm³/mol. The van der Waals surface area contributed by atoms with Gasteiger partial charge in [-0.2, -0.15) is 0 Å². The molecule has 0 saturated heterocycles. The van der Waals surface area contributed by atoms with Crippen molar-refractivity contribution < 1.29 is 9.59 Å². The van der Waals surface area contributed by atoms with Crippen LogP contribution in [-0.2, 0) is 11.2 Å². The number of halogens is 1. The van der Waals surface area contributed by atoms with Gasteiger partial charge in [-0.25, -0.2) is 0 Å². The van der Waals surface area contributed by atoms with Crippen molar-refractivity contribution in [3.8, 4) is 0 Å². The highest BCUT2D eigenvalue weighted by molar-refractivity contribution is 9.10. The average molecular weight is 347 g/mol. The SMILES string of the molecule is CNC(=O)c1ccccc1NC(=O)Cc1cccc(Br)c1. The molecule has 0 aliphatic carbocycles. The smallest absolute Gasteiger partial charge is 0.253 e. The van der Waals surface area contributed by atoms with E-state index < -0.39 is 0 Å². The molecular formula is C16H15BrN2O2. The Kier molecular flexibility index (Phi) is 5.11. The van der Waals surface area contributed by atoms with Gasteiger partial charge >= 0.3 is 0 Å². The molecule has 0 atom stereocenters. The quantitative estimate of drug-likeness (QED) is 0.893. The molecule has 2 amide bonds. The Bertz CT molecular complexity index is 671. The first-order valence-electron chi connectivity index (χ1n) is 6.45. The standard InChI is InChI=1S/C16H15BrN2O2/c1-18-16(21)13-7-2-3-8-14(13)19-15(20)10-11-5-4-6-12(17)9-11/h2-9H,10H2,1H3,(H,18,21)(H,19,20). The first-order chi connectivity index (χ1) is 10.1. The van der Waals surface area contributed by atoms with E-state index >= 15 is 0 Å². The third kappa shape index (κ3) is 4.16. The first-order valence-corrected chi connectivity index (χ1v) is 7.25. The molecule has 21 heavy (non-hydrogen) atoms. The molecule has 0 fully saturated rings. The number of para-hydroxylation sites is 1. The van der Waals surface area contributed by atoms with Gasteiger partial charge in [0.15, 0.2) is 0 Å². The lowest BCUT2D eigenvalue weighted by Gasteiger charge is -2.10. The van der Waals surface area contributed by atoms with Gasteiger partial charge in [-0.05, 0) is 29.8 Å². The van der Waals surface area contributed by atoms with Crippen molar-refractivity contribution in [2.24, 2.45) is 0 Å². The van der Waals surface area contributed by atoms with Crippen molar-refractivity contribution in [3.63, 3.8) is 0 Å². The number of anilines is 1. The Morgan fingerprint density at radius 3 is 2.57 bits per heavy atom. The van der Waals surface area contributed by atoms with Crippen LogP contribution in [0.2, 0.25) is 0 Å². The monoisotopic (exact) mass is 346 g/mol. The number of carbonyl (C=O) groups is 2. The average Bonchev–Trinajstić information content (AvgIpc) is 2.47. The number of hydrogen-bond donors (Lipinski definition) is 2. The number of nitrogens with one attached hydrogen (secondary N) is 2. The summed E-state index contributed by atoms with van der Waals surface area (Å²) in [6, 6.07) is 14.5. The van der Waals surface area contributed by atoms with E-state index in [9.17, 15) is 9.59 Å². The molecule has 0 heterocycles. The second-order valence-electron chi connectivity index (χ2n) is 4.48. The van der Waals surface area contributed by atoms with Crippen LogP contribution in [0.1, 0.15) is 15.9 Å². The van der Waals surface area contributed by atoms with Crippen LogP contribution in [0.4, 0.5) is 5.69 Å². The Hall–Kier alpha value is -2.14. The molecule has 2 rings (SSSR count). The van der Waals surface area contributed by atoms with Crippen LogP contribution >= 0.6 is 15.9 Å². The van der Waals surface area contributed by atoms with Crippen LogP contribution < -0.4 is 10.6 Å². The summed E-state index contributed by atoms with van der Waals surface area (Å²) in [6.07, 6.45) is 0.252. The number of benzene rings is 2. The van der Waals surface area contributed by atoms with E-state index in [4.69, 9.17) is 0 Å². The van der Waals surface area contributed by atoms with Gasteiger partial charge in [0.2, 0.25) is 5.91 Å². The molecule has 0 unspecified atom stereocenters. The fraction of sp³-hybridized carbons (Fsp3) is 0.125. The van der Waals surface area contributed by atoms with Gasteiger partial charge in [0, 0.05) is 11.5 Å². The minimum absolute atomic E-state index is 0.163. The van der Waals surface area contributed by atoms with E-state index in [0.29, 0.717) is 11.3 Å². The maximum absolute atomic E-state index is 12.1. The van der Waals surface area contributed by atoms with Crippen molar-refractivity contribution in [3.05, 3.63) is 64.1 Å². The summed E-state index contributed by atoms with van der Waals surface area (Å²) >= 11 is 3.37. The molecule has 0 bridgehead atoms. The Balaban J connectivity index is 2.11. The van der Waals surface area contributed by atoms with Gasteiger partial charge in [0.1, 0.15) is 0 Å². The summed E-state index contributed by atoms with van der Waals surface area (Å²) in [5.41, 5.74) is 1.86. The zero-order valence-corrected chi connectivity index (χ0v) is 13.1. The Labute approximate surface area is 131 Å². The summed E-state index contributed by atoms with van der Waals surface area (Å²) < 4.78 is 0.929. The van der Waals surface area contributed by atoms with E-state index in [1.807, 2.05) is 24.3 Å². The van der Waals surface area contributed by atoms with Crippen molar-refractivity contribution in [1.82, 2.24) is 5.32 Å². The summed E-state index contributed by atoms with van der Waals surface area (Å²) in [7, 11) is 1.56. The molecule has 0 saturated carbocycles. The topological polar surface area (TPSA) is 58.2 Å². The second kappa shape index (κ2) is 7.04. The van der Waals surface area contributed by atoms with Crippen LogP contribution in [0.5, 0.6) is 0 Å². The summed E-state index contributed by atoms with van der Waals surface area (Å²) in [6.45, 7) is 0. The minimum atomic E-state index is -0.228. The van der Waals surface area contributed by atoms with E-state index in [1.165, 1.54) is 0 Å². The Morgan fingerprint density at radius 2 is 1.86 bits per heavy atom. The van der Waals surface area contributed by atoms with E-state index in [1.54, 1.807) is 31.3 Å². The zero-order chi connectivity index (χ0) is 15.2. The number of amides is 2. The molecule has 0 aliphatic heterocycles. The summed E-state index contributed by atoms with van der Waals surface area (Å²) in [5, 5.41) is 5.33. The molecule has 108 valence electrons. The van der Waals surface area contributed by atoms with E-state index in [0.717, 1.165) is 10.0 Å². The molecule has 2 N–H and O–H groups in total. The van der Waals surface area contributed by atoms with Crippen LogP contribution in [0.25, 0.3) is 0 Å². The van der Waals surface area contributed by atoms with Gasteiger partial charge < -0.3 is 10.6 Å². The van der Waals surface area contributed by atoms with Crippen molar-refractivity contribution in [2.75, 3.05) is 12.4 Å². The third-order valence-corrected chi connectivity index (χ3v) is 3.42. The molecule has 4 nitrogen and oxygen atoms in total. The fourth-order valence-electron chi connectivity index (χ4n) is 1.95. The fourth-order valence-corrected chi connectivity index (χ4v) is 2.40. The number of rotatable bonds is 4. The second-order valence-corrected chi connectivity index (χ2v) is 5.40. The highest BCUT2D eigenvalue weighted by Crippen LogP contribution is 2.16. The molecule has 0 aromatic heterocycles. The molecule has 2 aromatic rings. The van der Waals surface area contributed by atoms with Crippen LogP contribution in [0.3, 0.4) is 0 Å². The molecule has 2 aromatic carbocycles. The predicted octanol–water partition coefficient (Wildman–Crippen LogP) is 2.99. The van der Waals surface area contributed by atoms with Crippen molar-refractivity contribution in [1.29, 1.82) is 0 Å². The molecule has 0 aliphatic rings. The molecule has 5 heteroatoms. The molecular weight excluding hydrogens is 332 g/mol. The lowest BCUT2D eigenvalue weighted by atomic mass is 10.1. The van der Waals surface area contributed by atoms with Gasteiger partial charge in [-0.15, -0.1) is 0 Å². The summed E-state index contributed by atoms with van der Waals surface area (Å²) in [5.74, 6) is -0.391. The minimum Gasteiger partial charge on any atom is -0.355 e. The number of hydrogen-bond acceptors (Lipinski definition) is 2. The van der Waals surface area contributed by atoms with Gasteiger partial charge in [-0.1, -0.05) is 40.2 Å². The van der Waals surface area contributed by atoms with Crippen LogP contribution in [0, 0.1) is 0 Å². The maximum atomic E-state index is 12.1.